The molecular formula is C9H10F2N4. The number of pyridine rings is 1. The average molecular weight is 212 g/mol. The van der Waals surface area contributed by atoms with E-state index in [-0.39, 0.29) is 24.2 Å². The van der Waals surface area contributed by atoms with E-state index >= 15 is 0 Å². The molecule has 1 rings (SSSR count). The fourth-order valence-corrected chi connectivity index (χ4v) is 1.26. The molecule has 0 aromatic carbocycles. The topological polar surface area (TPSA) is 88.7 Å². The molecule has 0 spiro atoms. The Bertz CT molecular complexity index is 398. The number of nitrogens with two attached hydrogens (primary N) is 2. The highest BCUT2D eigenvalue weighted by Crippen LogP contribution is 2.26. The van der Waals surface area contributed by atoms with E-state index in [4.69, 9.17) is 16.7 Å². The Kier molecular flexibility index (Phi) is 3.52. The van der Waals surface area contributed by atoms with Crippen molar-refractivity contribution in [1.82, 2.24) is 4.98 Å². The summed E-state index contributed by atoms with van der Waals surface area (Å²) in [6.45, 7) is -0.113. The summed E-state index contributed by atoms with van der Waals surface area (Å²) in [5.74, 6) is 0. The molecule has 0 saturated heterocycles. The number of nitrogen functional groups attached to an aromatic ring is 1. The number of anilines is 1. The Morgan fingerprint density at radius 1 is 1.53 bits per heavy atom. The molecule has 4 N–H and O–H groups in total. The van der Waals surface area contributed by atoms with Crippen LogP contribution in [0.5, 0.6) is 0 Å². The highest BCUT2D eigenvalue weighted by Gasteiger charge is 2.18. The van der Waals surface area contributed by atoms with Crippen LogP contribution in [0.25, 0.3) is 0 Å². The van der Waals surface area contributed by atoms with Crippen LogP contribution < -0.4 is 11.5 Å². The first-order valence-electron chi connectivity index (χ1n) is 4.23. The summed E-state index contributed by atoms with van der Waals surface area (Å²) in [7, 11) is 0. The van der Waals surface area contributed by atoms with E-state index in [0.29, 0.717) is 5.56 Å². The average Bonchev–Trinajstić information content (AvgIpc) is 2.20. The standard InChI is InChI=1S/C9H10F2N4/c10-9(11)8-6(3-13)7(14)5(1-2-12)4-15-8/h4,9H,1,3,13H2,(H2,14,15). The van der Waals surface area contributed by atoms with E-state index < -0.39 is 12.1 Å². The van der Waals surface area contributed by atoms with Crippen molar-refractivity contribution in [2.24, 2.45) is 5.73 Å². The third-order valence-corrected chi connectivity index (χ3v) is 2.02. The summed E-state index contributed by atoms with van der Waals surface area (Å²) < 4.78 is 24.9. The van der Waals surface area contributed by atoms with Crippen LogP contribution in [0.4, 0.5) is 14.5 Å². The van der Waals surface area contributed by atoms with Crippen molar-refractivity contribution >= 4 is 5.69 Å². The van der Waals surface area contributed by atoms with Crippen molar-refractivity contribution in [2.45, 2.75) is 19.4 Å². The molecule has 0 radical (unpaired) electrons. The van der Waals surface area contributed by atoms with Crippen LogP contribution in [0.2, 0.25) is 0 Å². The maximum Gasteiger partial charge on any atom is 0.280 e. The number of hydrogen-bond acceptors (Lipinski definition) is 4. The lowest BCUT2D eigenvalue weighted by molar-refractivity contribution is 0.145. The molecule has 0 aliphatic carbocycles. The van der Waals surface area contributed by atoms with Crippen LogP contribution in [0, 0.1) is 11.3 Å². The fourth-order valence-electron chi connectivity index (χ4n) is 1.26. The summed E-state index contributed by atoms with van der Waals surface area (Å²) in [5.41, 5.74) is 11.2. The molecule has 15 heavy (non-hydrogen) atoms. The van der Waals surface area contributed by atoms with Gasteiger partial charge in [-0.2, -0.15) is 5.26 Å². The number of nitriles is 1. The molecule has 0 bridgehead atoms. The van der Waals surface area contributed by atoms with Gasteiger partial charge in [0.1, 0.15) is 5.69 Å². The molecule has 0 aliphatic rings. The lowest BCUT2D eigenvalue weighted by Crippen LogP contribution is -2.10. The Morgan fingerprint density at radius 3 is 2.67 bits per heavy atom. The normalized spacial score (nSPS) is 10.3. The number of rotatable bonds is 3. The van der Waals surface area contributed by atoms with Crippen LogP contribution in [0.1, 0.15) is 23.2 Å². The highest BCUT2D eigenvalue weighted by molar-refractivity contribution is 5.55. The van der Waals surface area contributed by atoms with Gasteiger partial charge in [0.25, 0.3) is 6.43 Å². The van der Waals surface area contributed by atoms with E-state index in [9.17, 15) is 8.78 Å². The smallest absolute Gasteiger partial charge is 0.280 e. The monoisotopic (exact) mass is 212 g/mol. The molecule has 0 unspecified atom stereocenters. The van der Waals surface area contributed by atoms with Crippen LogP contribution >= 0.6 is 0 Å². The summed E-state index contributed by atoms with van der Waals surface area (Å²) in [4.78, 5) is 3.57. The summed E-state index contributed by atoms with van der Waals surface area (Å²) in [6, 6.07) is 1.88. The van der Waals surface area contributed by atoms with Gasteiger partial charge in [-0.25, -0.2) is 8.78 Å². The van der Waals surface area contributed by atoms with Gasteiger partial charge < -0.3 is 11.5 Å². The molecule has 0 aliphatic heterocycles. The summed E-state index contributed by atoms with van der Waals surface area (Å²) >= 11 is 0. The van der Waals surface area contributed by atoms with Crippen LogP contribution in [-0.2, 0) is 13.0 Å². The van der Waals surface area contributed by atoms with Gasteiger partial charge in [0.2, 0.25) is 0 Å². The molecule has 1 aromatic rings. The van der Waals surface area contributed by atoms with E-state index in [1.54, 1.807) is 0 Å². The molecule has 6 heteroatoms. The molecule has 0 fully saturated rings. The Balaban J connectivity index is 3.27. The minimum atomic E-state index is -2.71. The quantitative estimate of drug-likeness (QED) is 0.785. The second-order valence-electron chi connectivity index (χ2n) is 2.90. The summed E-state index contributed by atoms with van der Waals surface area (Å²) in [5, 5.41) is 8.47. The van der Waals surface area contributed by atoms with Gasteiger partial charge in [-0.1, -0.05) is 0 Å². The van der Waals surface area contributed by atoms with Gasteiger partial charge in [0.15, 0.2) is 0 Å². The molecule has 4 nitrogen and oxygen atoms in total. The van der Waals surface area contributed by atoms with Gasteiger partial charge in [-0.05, 0) is 0 Å². The maximum atomic E-state index is 12.5. The molecular weight excluding hydrogens is 202 g/mol. The van der Waals surface area contributed by atoms with Gasteiger partial charge in [-0.15, -0.1) is 0 Å². The number of halogens is 2. The van der Waals surface area contributed by atoms with Gasteiger partial charge in [0, 0.05) is 29.6 Å². The predicted molar refractivity (Wildman–Crippen MR) is 50.8 cm³/mol. The minimum Gasteiger partial charge on any atom is -0.398 e. The molecule has 1 aromatic heterocycles. The minimum absolute atomic E-state index is 0.0371. The second kappa shape index (κ2) is 4.66. The van der Waals surface area contributed by atoms with Gasteiger partial charge in [-0.3, -0.25) is 4.98 Å². The van der Waals surface area contributed by atoms with E-state index in [0.717, 1.165) is 0 Å². The number of hydrogen-bond donors (Lipinski definition) is 2. The van der Waals surface area contributed by atoms with Gasteiger partial charge in [0.05, 0.1) is 12.5 Å². The third-order valence-electron chi connectivity index (χ3n) is 2.02. The first-order valence-corrected chi connectivity index (χ1v) is 4.23. The second-order valence-corrected chi connectivity index (χ2v) is 2.90. The van der Waals surface area contributed by atoms with E-state index in [2.05, 4.69) is 4.98 Å². The Morgan fingerprint density at radius 2 is 2.20 bits per heavy atom. The first kappa shape index (κ1) is 11.3. The number of aromatic nitrogens is 1. The molecule has 1 heterocycles. The third kappa shape index (κ3) is 2.19. The van der Waals surface area contributed by atoms with Gasteiger partial charge >= 0.3 is 0 Å². The fraction of sp³-hybridized carbons (Fsp3) is 0.333. The van der Waals surface area contributed by atoms with Crippen molar-refractivity contribution in [3.63, 3.8) is 0 Å². The van der Waals surface area contributed by atoms with Crippen molar-refractivity contribution in [2.75, 3.05) is 5.73 Å². The van der Waals surface area contributed by atoms with E-state index in [1.807, 2.05) is 6.07 Å². The largest absolute Gasteiger partial charge is 0.398 e. The zero-order chi connectivity index (χ0) is 11.4. The number of nitrogens with zero attached hydrogens (tertiary/aromatic N) is 2. The zero-order valence-corrected chi connectivity index (χ0v) is 7.87. The maximum absolute atomic E-state index is 12.5. The highest BCUT2D eigenvalue weighted by atomic mass is 19.3. The molecule has 0 amide bonds. The van der Waals surface area contributed by atoms with Crippen molar-refractivity contribution in [3.05, 3.63) is 23.0 Å². The lowest BCUT2D eigenvalue weighted by atomic mass is 10.1. The SMILES string of the molecule is N#CCc1cnc(C(F)F)c(CN)c1N. The van der Waals surface area contributed by atoms with Crippen molar-refractivity contribution in [3.8, 4) is 6.07 Å². The lowest BCUT2D eigenvalue weighted by Gasteiger charge is -2.11. The van der Waals surface area contributed by atoms with Crippen LogP contribution in [0.3, 0.4) is 0 Å². The predicted octanol–water partition coefficient (Wildman–Crippen LogP) is 1.13. The molecule has 80 valence electrons. The summed E-state index contributed by atoms with van der Waals surface area (Å²) in [6.07, 6.45) is -1.48. The van der Waals surface area contributed by atoms with Crippen LogP contribution in [-0.4, -0.2) is 4.98 Å². The van der Waals surface area contributed by atoms with E-state index in [1.165, 1.54) is 6.20 Å². The zero-order valence-electron chi connectivity index (χ0n) is 7.87. The molecule has 0 atom stereocenters. The van der Waals surface area contributed by atoms with Crippen LogP contribution in [0.15, 0.2) is 6.20 Å². The Hall–Kier alpha value is -1.74. The molecule has 0 saturated carbocycles. The van der Waals surface area contributed by atoms with Crippen molar-refractivity contribution in [1.29, 1.82) is 5.26 Å². The van der Waals surface area contributed by atoms with Crippen molar-refractivity contribution < 1.29 is 8.78 Å². The number of alkyl halides is 2. The first-order chi connectivity index (χ1) is 7.11. The Labute approximate surface area is 85.5 Å².